The summed E-state index contributed by atoms with van der Waals surface area (Å²) < 4.78 is 0. The fourth-order valence-corrected chi connectivity index (χ4v) is 3.07. The lowest BCUT2D eigenvalue weighted by molar-refractivity contribution is -0.126. The lowest BCUT2D eigenvalue weighted by atomic mass is 9.98. The van der Waals surface area contributed by atoms with Crippen molar-refractivity contribution in [2.24, 2.45) is 5.92 Å². The molecule has 1 aromatic heterocycles. The number of nitrogens with one attached hydrogen (secondary N) is 2. The first-order valence-electron chi connectivity index (χ1n) is 7.22. The number of carbonyl (C=O) groups is 2. The van der Waals surface area contributed by atoms with E-state index in [2.05, 4.69) is 15.6 Å². The maximum atomic E-state index is 12.2. The highest BCUT2D eigenvalue weighted by Gasteiger charge is 2.25. The van der Waals surface area contributed by atoms with Gasteiger partial charge in [-0.2, -0.15) is 0 Å². The zero-order valence-electron chi connectivity index (χ0n) is 12.3. The van der Waals surface area contributed by atoms with Crippen LogP contribution in [0.5, 0.6) is 0 Å². The highest BCUT2D eigenvalue weighted by Crippen LogP contribution is 2.25. The van der Waals surface area contributed by atoms with Crippen molar-refractivity contribution in [1.29, 1.82) is 0 Å². The Morgan fingerprint density at radius 3 is 2.82 bits per heavy atom. The van der Waals surface area contributed by atoms with Gasteiger partial charge in [0.25, 0.3) is 0 Å². The van der Waals surface area contributed by atoms with E-state index in [1.807, 2.05) is 36.6 Å². The van der Waals surface area contributed by atoms with E-state index in [-0.39, 0.29) is 17.7 Å². The number of benzene rings is 1. The summed E-state index contributed by atoms with van der Waals surface area (Å²) in [7, 11) is 0. The van der Waals surface area contributed by atoms with E-state index in [1.54, 1.807) is 0 Å². The molecule has 114 valence electrons. The number of carbonyl (C=O) groups excluding carboxylic acids is 2. The topological polar surface area (TPSA) is 71.1 Å². The second-order valence-electron chi connectivity index (χ2n) is 5.43. The molecule has 1 saturated heterocycles. The van der Waals surface area contributed by atoms with Crippen molar-refractivity contribution < 1.29 is 9.59 Å². The van der Waals surface area contributed by atoms with Gasteiger partial charge in [0.05, 0.1) is 11.6 Å². The average molecular weight is 315 g/mol. The van der Waals surface area contributed by atoms with Gasteiger partial charge < -0.3 is 10.6 Å². The predicted octanol–water partition coefficient (Wildman–Crippen LogP) is 2.58. The standard InChI is InChI=1S/C16H17N3O2S/c1-10-2-4-11(5-3-10)13-9-22-16(18-13)19-15(21)12-6-7-14(20)17-8-12/h2-5,9,12H,6-8H2,1H3,(H,17,20)(H,18,19,21). The van der Waals surface area contributed by atoms with Gasteiger partial charge in [-0.1, -0.05) is 29.8 Å². The summed E-state index contributed by atoms with van der Waals surface area (Å²) in [5.41, 5.74) is 3.09. The number of anilines is 1. The first kappa shape index (κ1) is 14.7. The number of thiazole rings is 1. The van der Waals surface area contributed by atoms with Crippen molar-refractivity contribution in [2.45, 2.75) is 19.8 Å². The third kappa shape index (κ3) is 3.33. The number of nitrogens with zero attached hydrogens (tertiary/aromatic N) is 1. The molecule has 2 heterocycles. The summed E-state index contributed by atoms with van der Waals surface area (Å²) >= 11 is 1.41. The Balaban J connectivity index is 1.65. The maximum Gasteiger partial charge on any atom is 0.231 e. The molecule has 6 heteroatoms. The third-order valence-corrected chi connectivity index (χ3v) is 4.48. The van der Waals surface area contributed by atoms with Gasteiger partial charge in [-0.25, -0.2) is 4.98 Å². The monoisotopic (exact) mass is 315 g/mol. The summed E-state index contributed by atoms with van der Waals surface area (Å²) in [5.74, 6) is -0.241. The zero-order chi connectivity index (χ0) is 15.5. The minimum Gasteiger partial charge on any atom is -0.355 e. The molecule has 2 amide bonds. The molecular formula is C16H17N3O2S. The van der Waals surface area contributed by atoms with E-state index >= 15 is 0 Å². The summed E-state index contributed by atoms with van der Waals surface area (Å²) in [6, 6.07) is 8.12. The van der Waals surface area contributed by atoms with Crippen LogP contribution in [0.4, 0.5) is 5.13 Å². The van der Waals surface area contributed by atoms with Gasteiger partial charge in [0.15, 0.2) is 5.13 Å². The van der Waals surface area contributed by atoms with Crippen LogP contribution < -0.4 is 10.6 Å². The Labute approximate surface area is 132 Å². The minimum absolute atomic E-state index is 0.0138. The smallest absolute Gasteiger partial charge is 0.231 e. The van der Waals surface area contributed by atoms with Crippen LogP contribution in [0.1, 0.15) is 18.4 Å². The first-order chi connectivity index (χ1) is 10.6. The molecule has 1 unspecified atom stereocenters. The fourth-order valence-electron chi connectivity index (χ4n) is 2.35. The number of hydrogen-bond donors (Lipinski definition) is 2. The van der Waals surface area contributed by atoms with Crippen LogP contribution in [-0.4, -0.2) is 23.3 Å². The fraction of sp³-hybridized carbons (Fsp3) is 0.312. The molecule has 0 spiro atoms. The lowest BCUT2D eigenvalue weighted by Gasteiger charge is -2.20. The number of piperidine rings is 1. The van der Waals surface area contributed by atoms with Gasteiger partial charge in [-0.15, -0.1) is 11.3 Å². The quantitative estimate of drug-likeness (QED) is 0.914. The van der Waals surface area contributed by atoms with Crippen LogP contribution in [0, 0.1) is 12.8 Å². The van der Waals surface area contributed by atoms with Crippen molar-refractivity contribution in [3.05, 3.63) is 35.2 Å². The largest absolute Gasteiger partial charge is 0.355 e. The zero-order valence-corrected chi connectivity index (χ0v) is 13.1. The molecule has 3 rings (SSSR count). The number of aromatic nitrogens is 1. The minimum atomic E-state index is -0.176. The molecule has 5 nitrogen and oxygen atoms in total. The van der Waals surface area contributed by atoms with Crippen molar-refractivity contribution in [3.63, 3.8) is 0 Å². The predicted molar refractivity (Wildman–Crippen MR) is 86.7 cm³/mol. The van der Waals surface area contributed by atoms with Crippen LogP contribution in [-0.2, 0) is 9.59 Å². The second kappa shape index (κ2) is 6.27. The Kier molecular flexibility index (Phi) is 4.20. The Hall–Kier alpha value is -2.21. The van der Waals surface area contributed by atoms with E-state index in [0.717, 1.165) is 11.3 Å². The number of rotatable bonds is 3. The van der Waals surface area contributed by atoms with E-state index in [1.165, 1.54) is 16.9 Å². The summed E-state index contributed by atoms with van der Waals surface area (Å²) in [6.07, 6.45) is 0.998. The molecule has 0 saturated carbocycles. The van der Waals surface area contributed by atoms with Crippen molar-refractivity contribution in [2.75, 3.05) is 11.9 Å². The third-order valence-electron chi connectivity index (χ3n) is 3.72. The Morgan fingerprint density at radius 2 is 2.14 bits per heavy atom. The molecule has 0 radical (unpaired) electrons. The molecule has 22 heavy (non-hydrogen) atoms. The second-order valence-corrected chi connectivity index (χ2v) is 6.29. The van der Waals surface area contributed by atoms with Crippen LogP contribution in [0.3, 0.4) is 0 Å². The van der Waals surface area contributed by atoms with Crippen LogP contribution in [0.15, 0.2) is 29.6 Å². The van der Waals surface area contributed by atoms with Gasteiger partial charge in [0, 0.05) is 23.9 Å². The normalized spacial score (nSPS) is 17.9. The van der Waals surface area contributed by atoms with Crippen molar-refractivity contribution in [3.8, 4) is 11.3 Å². The molecule has 1 aliphatic rings. The molecule has 1 fully saturated rings. The molecule has 0 aliphatic carbocycles. The molecule has 2 N–H and O–H groups in total. The Bertz CT molecular complexity index is 684. The summed E-state index contributed by atoms with van der Waals surface area (Å²) in [4.78, 5) is 27.7. The molecule has 1 aliphatic heterocycles. The first-order valence-corrected chi connectivity index (χ1v) is 8.10. The van der Waals surface area contributed by atoms with E-state index in [0.29, 0.717) is 24.5 Å². The highest BCUT2D eigenvalue weighted by molar-refractivity contribution is 7.14. The van der Waals surface area contributed by atoms with Gasteiger partial charge in [-0.05, 0) is 13.3 Å². The lowest BCUT2D eigenvalue weighted by Crippen LogP contribution is -2.40. The molecule has 0 bridgehead atoms. The van der Waals surface area contributed by atoms with Gasteiger partial charge >= 0.3 is 0 Å². The van der Waals surface area contributed by atoms with Gasteiger partial charge in [-0.3, -0.25) is 9.59 Å². The SMILES string of the molecule is Cc1ccc(-c2csc(NC(=O)C3CCC(=O)NC3)n2)cc1. The van der Waals surface area contributed by atoms with Crippen LogP contribution in [0.25, 0.3) is 11.3 Å². The molecule has 2 aromatic rings. The van der Waals surface area contributed by atoms with Crippen molar-refractivity contribution in [1.82, 2.24) is 10.3 Å². The number of hydrogen-bond acceptors (Lipinski definition) is 4. The number of amides is 2. The Morgan fingerprint density at radius 1 is 1.36 bits per heavy atom. The van der Waals surface area contributed by atoms with E-state index in [4.69, 9.17) is 0 Å². The van der Waals surface area contributed by atoms with E-state index in [9.17, 15) is 9.59 Å². The average Bonchev–Trinajstić information content (AvgIpc) is 2.97. The van der Waals surface area contributed by atoms with Crippen LogP contribution >= 0.6 is 11.3 Å². The molecule has 1 aromatic carbocycles. The van der Waals surface area contributed by atoms with E-state index < -0.39 is 0 Å². The van der Waals surface area contributed by atoms with Gasteiger partial charge in [0.2, 0.25) is 11.8 Å². The summed E-state index contributed by atoms with van der Waals surface area (Å²) in [5, 5.41) is 8.09. The molecule has 1 atom stereocenters. The molecular weight excluding hydrogens is 298 g/mol. The summed E-state index contributed by atoms with van der Waals surface area (Å²) in [6.45, 7) is 2.44. The van der Waals surface area contributed by atoms with Gasteiger partial charge in [0.1, 0.15) is 0 Å². The number of aryl methyl sites for hydroxylation is 1. The van der Waals surface area contributed by atoms with Crippen LogP contribution in [0.2, 0.25) is 0 Å². The highest BCUT2D eigenvalue weighted by atomic mass is 32.1. The van der Waals surface area contributed by atoms with Crippen molar-refractivity contribution >= 4 is 28.3 Å². The maximum absolute atomic E-state index is 12.2.